The van der Waals surface area contributed by atoms with Crippen molar-refractivity contribution in [2.24, 2.45) is 5.41 Å². The Labute approximate surface area is 110 Å². The molecule has 1 atom stereocenters. The summed E-state index contributed by atoms with van der Waals surface area (Å²) in [5.41, 5.74) is 0.719. The number of rotatable bonds is 2. The van der Waals surface area contributed by atoms with Crippen LogP contribution in [0.1, 0.15) is 32.0 Å². The Morgan fingerprint density at radius 1 is 1.44 bits per heavy atom. The summed E-state index contributed by atoms with van der Waals surface area (Å²) in [7, 11) is 0. The fraction of sp³-hybridized carbons (Fsp3) is 0.385. The van der Waals surface area contributed by atoms with Crippen LogP contribution in [0.5, 0.6) is 5.75 Å². The largest absolute Gasteiger partial charge is 0.507 e. The van der Waals surface area contributed by atoms with Crippen molar-refractivity contribution in [2.45, 2.75) is 26.2 Å². The van der Waals surface area contributed by atoms with E-state index in [1.807, 2.05) is 0 Å². The van der Waals surface area contributed by atoms with Crippen molar-refractivity contribution in [1.82, 2.24) is 10.1 Å². The van der Waals surface area contributed by atoms with Crippen LogP contribution in [-0.2, 0) is 0 Å². The lowest BCUT2D eigenvalue weighted by molar-refractivity contribution is 0.414. The average Bonchev–Trinajstić information content (AvgIpc) is 2.77. The van der Waals surface area contributed by atoms with Crippen molar-refractivity contribution in [3.05, 3.63) is 29.0 Å². The number of phenols is 1. The van der Waals surface area contributed by atoms with Gasteiger partial charge < -0.3 is 9.63 Å². The van der Waals surface area contributed by atoms with E-state index in [2.05, 4.69) is 24.0 Å². The first-order chi connectivity index (χ1) is 8.47. The van der Waals surface area contributed by atoms with E-state index in [4.69, 9.17) is 16.1 Å². The molecule has 2 aromatic rings. The van der Waals surface area contributed by atoms with Gasteiger partial charge in [0.05, 0.1) is 5.56 Å². The highest BCUT2D eigenvalue weighted by molar-refractivity contribution is 6.30. The lowest BCUT2D eigenvalue weighted by atomic mass is 10.1. The number of aromatic hydroxyl groups is 1. The van der Waals surface area contributed by atoms with Gasteiger partial charge in [-0.15, -0.1) is 0 Å². The fourth-order valence-corrected chi connectivity index (χ4v) is 2.25. The minimum atomic E-state index is 0.0876. The van der Waals surface area contributed by atoms with Gasteiger partial charge in [0.1, 0.15) is 5.75 Å². The van der Waals surface area contributed by atoms with Crippen molar-refractivity contribution in [3.63, 3.8) is 0 Å². The van der Waals surface area contributed by atoms with Crippen molar-refractivity contribution < 1.29 is 9.63 Å². The molecule has 0 saturated heterocycles. The summed E-state index contributed by atoms with van der Waals surface area (Å²) in [4.78, 5) is 4.34. The molecule has 1 fully saturated rings. The van der Waals surface area contributed by atoms with Crippen LogP contribution in [0.2, 0.25) is 5.02 Å². The maximum absolute atomic E-state index is 9.77. The van der Waals surface area contributed by atoms with E-state index < -0.39 is 0 Å². The van der Waals surface area contributed by atoms with E-state index >= 15 is 0 Å². The zero-order valence-electron chi connectivity index (χ0n) is 10.1. The van der Waals surface area contributed by atoms with Crippen molar-refractivity contribution in [1.29, 1.82) is 0 Å². The molecule has 0 bridgehead atoms. The average molecular weight is 265 g/mol. The first kappa shape index (κ1) is 11.5. The van der Waals surface area contributed by atoms with Gasteiger partial charge in [0.15, 0.2) is 5.82 Å². The Bertz CT molecular complexity index is 607. The molecule has 1 aliphatic rings. The SMILES string of the molecule is CC1(C)CC1c1noc(-c2cc(Cl)ccc2O)n1. The number of aromatic nitrogens is 2. The molecule has 1 aliphatic carbocycles. The van der Waals surface area contributed by atoms with Crippen molar-refractivity contribution in [3.8, 4) is 17.2 Å². The Kier molecular flexibility index (Phi) is 2.38. The maximum atomic E-state index is 9.77. The molecular formula is C13H13ClN2O2. The molecule has 1 N–H and O–H groups in total. The van der Waals surface area contributed by atoms with Crippen LogP contribution >= 0.6 is 11.6 Å². The van der Waals surface area contributed by atoms with Gasteiger partial charge in [-0.3, -0.25) is 0 Å². The summed E-state index contributed by atoms with van der Waals surface area (Å²) in [5, 5.41) is 14.3. The quantitative estimate of drug-likeness (QED) is 0.900. The zero-order chi connectivity index (χ0) is 12.9. The van der Waals surface area contributed by atoms with Crippen molar-refractivity contribution >= 4 is 11.6 Å². The molecule has 0 amide bonds. The minimum absolute atomic E-state index is 0.0876. The summed E-state index contributed by atoms with van der Waals surface area (Å²) in [6, 6.07) is 4.75. The molecule has 3 rings (SSSR count). The van der Waals surface area contributed by atoms with E-state index in [1.54, 1.807) is 12.1 Å². The molecule has 1 heterocycles. The third-order valence-corrected chi connectivity index (χ3v) is 3.69. The van der Waals surface area contributed by atoms with Crippen LogP contribution in [0.15, 0.2) is 22.7 Å². The first-order valence-corrected chi connectivity index (χ1v) is 6.18. The van der Waals surface area contributed by atoms with Gasteiger partial charge in [-0.05, 0) is 30.0 Å². The third-order valence-electron chi connectivity index (χ3n) is 3.46. The maximum Gasteiger partial charge on any atom is 0.261 e. The number of hydrogen-bond donors (Lipinski definition) is 1. The highest BCUT2D eigenvalue weighted by Crippen LogP contribution is 2.57. The highest BCUT2D eigenvalue weighted by atomic mass is 35.5. The molecule has 18 heavy (non-hydrogen) atoms. The molecule has 94 valence electrons. The molecule has 5 heteroatoms. The summed E-state index contributed by atoms with van der Waals surface area (Å²) in [6.45, 7) is 4.34. The highest BCUT2D eigenvalue weighted by Gasteiger charge is 2.49. The Morgan fingerprint density at radius 3 is 2.83 bits per heavy atom. The topological polar surface area (TPSA) is 59.2 Å². The standard InChI is InChI=1S/C13H13ClN2O2/c1-13(2)6-9(13)11-15-12(18-16-11)8-5-7(14)3-4-10(8)17/h3-5,9,17H,6H2,1-2H3. The first-order valence-electron chi connectivity index (χ1n) is 5.80. The van der Waals surface area contributed by atoms with E-state index in [-0.39, 0.29) is 11.2 Å². The minimum Gasteiger partial charge on any atom is -0.507 e. The number of nitrogens with zero attached hydrogens (tertiary/aromatic N) is 2. The second-order valence-electron chi connectivity index (χ2n) is 5.36. The van der Waals surface area contributed by atoms with Gasteiger partial charge >= 0.3 is 0 Å². The molecule has 0 aliphatic heterocycles. The second-order valence-corrected chi connectivity index (χ2v) is 5.80. The summed E-state index contributed by atoms with van der Waals surface area (Å²) < 4.78 is 5.20. The van der Waals surface area contributed by atoms with Gasteiger partial charge in [-0.2, -0.15) is 4.98 Å². The molecule has 0 spiro atoms. The molecular weight excluding hydrogens is 252 g/mol. The Balaban J connectivity index is 1.96. The zero-order valence-corrected chi connectivity index (χ0v) is 10.9. The molecule has 1 saturated carbocycles. The lowest BCUT2D eigenvalue weighted by Crippen LogP contribution is -1.91. The molecule has 4 nitrogen and oxygen atoms in total. The Morgan fingerprint density at radius 2 is 2.17 bits per heavy atom. The van der Waals surface area contributed by atoms with Gasteiger partial charge in [0, 0.05) is 10.9 Å². The fourth-order valence-electron chi connectivity index (χ4n) is 2.07. The summed E-state index contributed by atoms with van der Waals surface area (Å²) in [5.74, 6) is 1.45. The molecule has 1 aromatic heterocycles. The molecule has 0 radical (unpaired) electrons. The second kappa shape index (κ2) is 3.72. The monoisotopic (exact) mass is 264 g/mol. The van der Waals surface area contributed by atoms with E-state index in [1.165, 1.54) is 6.07 Å². The third kappa shape index (κ3) is 1.86. The van der Waals surface area contributed by atoms with Crippen LogP contribution in [0.4, 0.5) is 0 Å². The number of halogens is 1. The predicted octanol–water partition coefficient (Wildman–Crippen LogP) is 3.61. The van der Waals surface area contributed by atoms with Crippen LogP contribution in [0, 0.1) is 5.41 Å². The van der Waals surface area contributed by atoms with E-state index in [0.717, 1.165) is 6.42 Å². The summed E-state index contributed by atoms with van der Waals surface area (Å²) in [6.07, 6.45) is 1.06. The summed E-state index contributed by atoms with van der Waals surface area (Å²) >= 11 is 5.89. The number of hydrogen-bond acceptors (Lipinski definition) is 4. The molecule has 1 unspecified atom stereocenters. The number of benzene rings is 1. The smallest absolute Gasteiger partial charge is 0.261 e. The van der Waals surface area contributed by atoms with E-state index in [0.29, 0.717) is 28.2 Å². The van der Waals surface area contributed by atoms with Gasteiger partial charge in [0.2, 0.25) is 0 Å². The van der Waals surface area contributed by atoms with Crippen LogP contribution in [0.25, 0.3) is 11.5 Å². The van der Waals surface area contributed by atoms with Crippen LogP contribution in [0.3, 0.4) is 0 Å². The lowest BCUT2D eigenvalue weighted by Gasteiger charge is -1.99. The van der Waals surface area contributed by atoms with Gasteiger partial charge in [0.25, 0.3) is 5.89 Å². The normalized spacial score (nSPS) is 20.9. The Hall–Kier alpha value is -1.55. The van der Waals surface area contributed by atoms with Crippen LogP contribution < -0.4 is 0 Å². The predicted molar refractivity (Wildman–Crippen MR) is 67.5 cm³/mol. The van der Waals surface area contributed by atoms with Gasteiger partial charge in [-0.25, -0.2) is 0 Å². The van der Waals surface area contributed by atoms with Gasteiger partial charge in [-0.1, -0.05) is 30.6 Å². The van der Waals surface area contributed by atoms with E-state index in [9.17, 15) is 5.11 Å². The number of phenolic OH excluding ortho intramolecular Hbond substituents is 1. The van der Waals surface area contributed by atoms with Crippen LogP contribution in [-0.4, -0.2) is 15.2 Å². The molecule has 1 aromatic carbocycles. The van der Waals surface area contributed by atoms with Crippen molar-refractivity contribution in [2.75, 3.05) is 0 Å².